The molecule has 28 heavy (non-hydrogen) atoms. The minimum atomic E-state index is -5.08. The average molecular weight is 405 g/mol. The van der Waals surface area contributed by atoms with Crippen LogP contribution in [0, 0.1) is 5.92 Å². The fourth-order valence-electron chi connectivity index (χ4n) is 3.70. The largest absolute Gasteiger partial charge is 0.490 e. The van der Waals surface area contributed by atoms with Crippen molar-refractivity contribution in [2.24, 2.45) is 5.92 Å². The molecule has 1 aliphatic heterocycles. The van der Waals surface area contributed by atoms with Gasteiger partial charge in [0.1, 0.15) is 0 Å². The van der Waals surface area contributed by atoms with E-state index in [9.17, 15) is 13.2 Å². The molecule has 6 nitrogen and oxygen atoms in total. The smallest absolute Gasteiger partial charge is 0.475 e. The third-order valence-electron chi connectivity index (χ3n) is 4.97. The fourth-order valence-corrected chi connectivity index (χ4v) is 3.70. The summed E-state index contributed by atoms with van der Waals surface area (Å²) in [4.78, 5) is 11.4. The number of carboxylic acids is 1. The van der Waals surface area contributed by atoms with Crippen molar-refractivity contribution in [1.29, 1.82) is 0 Å². The van der Waals surface area contributed by atoms with Gasteiger partial charge in [-0.3, -0.25) is 4.90 Å². The van der Waals surface area contributed by atoms with Crippen LogP contribution in [0.25, 0.3) is 0 Å². The molecule has 1 aromatic rings. The first-order chi connectivity index (χ1) is 13.3. The summed E-state index contributed by atoms with van der Waals surface area (Å²) in [5, 5.41) is 7.12. The first kappa shape index (κ1) is 22.4. The van der Waals surface area contributed by atoms with E-state index in [0.29, 0.717) is 12.5 Å². The second-order valence-electron chi connectivity index (χ2n) is 6.97. The van der Waals surface area contributed by atoms with E-state index < -0.39 is 12.1 Å². The van der Waals surface area contributed by atoms with E-state index in [0.717, 1.165) is 39.3 Å². The molecule has 0 bridgehead atoms. The Hall–Kier alpha value is -1.84. The van der Waals surface area contributed by atoms with E-state index in [-0.39, 0.29) is 5.60 Å². The number of nitrogens with zero attached hydrogens (tertiary/aromatic N) is 1. The van der Waals surface area contributed by atoms with Crippen LogP contribution in [0.4, 0.5) is 13.2 Å². The number of aliphatic carboxylic acids is 1. The van der Waals surface area contributed by atoms with Crippen molar-refractivity contribution in [3.05, 3.63) is 36.8 Å². The number of alkyl halides is 3. The third-order valence-corrected chi connectivity index (χ3v) is 4.97. The normalized spacial score (nSPS) is 25.3. The lowest BCUT2D eigenvalue weighted by atomic mass is 9.89. The number of carboxylic acid groups (broad SMARTS) is 1. The highest BCUT2D eigenvalue weighted by atomic mass is 19.4. The Morgan fingerprint density at radius 2 is 2.25 bits per heavy atom. The molecule has 2 heterocycles. The molecular weight excluding hydrogens is 379 g/mol. The Balaban J connectivity index is 0.000000345. The summed E-state index contributed by atoms with van der Waals surface area (Å²) < 4.78 is 48.9. The second kappa shape index (κ2) is 10.1. The summed E-state index contributed by atoms with van der Waals surface area (Å²) >= 11 is 0. The van der Waals surface area contributed by atoms with Gasteiger partial charge in [0.15, 0.2) is 0 Å². The molecule has 2 atom stereocenters. The number of hydrogen-bond donors (Lipinski definition) is 1. The van der Waals surface area contributed by atoms with Gasteiger partial charge in [0.05, 0.1) is 37.9 Å². The zero-order valence-electron chi connectivity index (χ0n) is 15.6. The molecule has 2 aliphatic rings. The Bertz CT molecular complexity index is 620. The van der Waals surface area contributed by atoms with Gasteiger partial charge >= 0.3 is 12.1 Å². The number of carbonyl (C=O) groups is 1. The monoisotopic (exact) mass is 405 g/mol. The van der Waals surface area contributed by atoms with Crippen LogP contribution in [0.3, 0.4) is 0 Å². The lowest BCUT2D eigenvalue weighted by Gasteiger charge is -2.44. The minimum Gasteiger partial charge on any atom is -0.475 e. The Labute approximate surface area is 161 Å². The van der Waals surface area contributed by atoms with Gasteiger partial charge in [-0.25, -0.2) is 4.79 Å². The first-order valence-electron chi connectivity index (χ1n) is 9.13. The van der Waals surface area contributed by atoms with Crippen molar-refractivity contribution in [1.82, 2.24) is 4.90 Å². The summed E-state index contributed by atoms with van der Waals surface area (Å²) in [5.74, 6) is -2.25. The summed E-state index contributed by atoms with van der Waals surface area (Å²) in [7, 11) is 0. The highest BCUT2D eigenvalue weighted by Gasteiger charge is 2.46. The number of rotatable bonds is 6. The second-order valence-corrected chi connectivity index (χ2v) is 6.97. The molecule has 1 aromatic heterocycles. The molecule has 3 rings (SSSR count). The lowest BCUT2D eigenvalue weighted by molar-refractivity contribution is -0.192. The third kappa shape index (κ3) is 6.35. The number of furan rings is 1. The SMILES string of the molecule is C=CCOC[C@@H]1CCC[C@@]12CN(Cc1ccoc1)CCO2.O=C(O)C(F)(F)F. The molecule has 2 fully saturated rings. The van der Waals surface area contributed by atoms with Crippen LogP contribution in [0.2, 0.25) is 0 Å². The van der Waals surface area contributed by atoms with Crippen LogP contribution in [0.15, 0.2) is 35.7 Å². The van der Waals surface area contributed by atoms with Crippen LogP contribution in [-0.4, -0.2) is 60.7 Å². The molecule has 1 spiro atoms. The summed E-state index contributed by atoms with van der Waals surface area (Å²) in [6.07, 6.45) is 3.90. The maximum Gasteiger partial charge on any atom is 0.490 e. The number of ether oxygens (including phenoxy) is 2. The van der Waals surface area contributed by atoms with Crippen molar-refractivity contribution in [3.63, 3.8) is 0 Å². The maximum absolute atomic E-state index is 10.6. The topological polar surface area (TPSA) is 72.1 Å². The average Bonchev–Trinajstić information content (AvgIpc) is 3.26. The highest BCUT2D eigenvalue weighted by molar-refractivity contribution is 5.73. The molecule has 1 saturated carbocycles. The Kier molecular flexibility index (Phi) is 8.09. The Morgan fingerprint density at radius 3 is 2.86 bits per heavy atom. The zero-order chi connectivity index (χ0) is 20.6. The summed E-state index contributed by atoms with van der Waals surface area (Å²) in [6.45, 7) is 8.88. The molecule has 1 aliphatic carbocycles. The van der Waals surface area contributed by atoms with Gasteiger partial charge in [0.2, 0.25) is 0 Å². The van der Waals surface area contributed by atoms with Crippen molar-refractivity contribution < 1.29 is 37.0 Å². The van der Waals surface area contributed by atoms with Crippen LogP contribution < -0.4 is 0 Å². The molecule has 0 radical (unpaired) electrons. The van der Waals surface area contributed by atoms with E-state index >= 15 is 0 Å². The molecule has 9 heteroatoms. The van der Waals surface area contributed by atoms with E-state index in [1.807, 2.05) is 18.4 Å². The van der Waals surface area contributed by atoms with Crippen LogP contribution in [0.5, 0.6) is 0 Å². The van der Waals surface area contributed by atoms with Crippen molar-refractivity contribution in [2.75, 3.05) is 32.9 Å². The predicted molar refractivity (Wildman–Crippen MR) is 94.7 cm³/mol. The number of hydrogen-bond acceptors (Lipinski definition) is 5. The molecule has 0 unspecified atom stereocenters. The molecular formula is C19H26F3NO5. The van der Waals surface area contributed by atoms with Gasteiger partial charge in [0.25, 0.3) is 0 Å². The van der Waals surface area contributed by atoms with Crippen LogP contribution in [-0.2, 0) is 20.8 Å². The van der Waals surface area contributed by atoms with Crippen LogP contribution >= 0.6 is 0 Å². The van der Waals surface area contributed by atoms with Crippen molar-refractivity contribution in [2.45, 2.75) is 37.6 Å². The molecule has 158 valence electrons. The van der Waals surface area contributed by atoms with Gasteiger partial charge < -0.3 is 19.0 Å². The van der Waals surface area contributed by atoms with Gasteiger partial charge in [0, 0.05) is 31.1 Å². The van der Waals surface area contributed by atoms with Gasteiger partial charge in [-0.15, -0.1) is 6.58 Å². The Morgan fingerprint density at radius 1 is 1.50 bits per heavy atom. The molecule has 0 amide bonds. The number of halogens is 3. The van der Waals surface area contributed by atoms with E-state index in [4.69, 9.17) is 23.8 Å². The van der Waals surface area contributed by atoms with Gasteiger partial charge in [-0.1, -0.05) is 12.5 Å². The van der Waals surface area contributed by atoms with Crippen LogP contribution in [0.1, 0.15) is 24.8 Å². The summed E-state index contributed by atoms with van der Waals surface area (Å²) in [5.41, 5.74) is 1.23. The molecule has 1 saturated heterocycles. The van der Waals surface area contributed by atoms with Crippen molar-refractivity contribution in [3.8, 4) is 0 Å². The molecule has 1 N–H and O–H groups in total. The van der Waals surface area contributed by atoms with E-state index in [2.05, 4.69) is 11.5 Å². The van der Waals surface area contributed by atoms with Crippen molar-refractivity contribution >= 4 is 5.97 Å². The van der Waals surface area contributed by atoms with Gasteiger partial charge in [-0.2, -0.15) is 13.2 Å². The van der Waals surface area contributed by atoms with E-state index in [1.54, 1.807) is 6.26 Å². The number of morpholine rings is 1. The highest BCUT2D eigenvalue weighted by Crippen LogP contribution is 2.41. The predicted octanol–water partition coefficient (Wildman–Crippen LogP) is 3.49. The van der Waals surface area contributed by atoms with E-state index in [1.165, 1.54) is 18.4 Å². The first-order valence-corrected chi connectivity index (χ1v) is 9.13. The van der Waals surface area contributed by atoms with Gasteiger partial charge in [-0.05, 0) is 18.9 Å². The maximum atomic E-state index is 10.6. The fraction of sp³-hybridized carbons (Fsp3) is 0.632. The standard InChI is InChI=1S/C17H25NO3.C2HF3O2/c1-2-8-19-13-16-4-3-6-17(16)14-18(7-10-21-17)11-15-5-9-20-12-15;3-2(4,5)1(6)7/h2,5,9,12,16H,1,3-4,6-8,10-11,13-14H2;(H,6,7)/t16-,17+;/m0./s1. The zero-order valence-corrected chi connectivity index (χ0v) is 15.6. The minimum absolute atomic E-state index is 0.0108. The lowest BCUT2D eigenvalue weighted by Crippen LogP contribution is -2.54. The quantitative estimate of drug-likeness (QED) is 0.577. The molecule has 0 aromatic carbocycles. The summed E-state index contributed by atoms with van der Waals surface area (Å²) in [6, 6.07) is 2.04.